The van der Waals surface area contributed by atoms with E-state index in [1.807, 2.05) is 6.07 Å². The van der Waals surface area contributed by atoms with Crippen molar-refractivity contribution in [1.29, 1.82) is 0 Å². The summed E-state index contributed by atoms with van der Waals surface area (Å²) in [4.78, 5) is 24.5. The number of esters is 2. The minimum atomic E-state index is -4.97. The van der Waals surface area contributed by atoms with Gasteiger partial charge in [0.1, 0.15) is 0 Å². The highest BCUT2D eigenvalue weighted by atomic mass is 19.4. The lowest BCUT2D eigenvalue weighted by Crippen LogP contribution is -2.52. The number of hydrogen-bond acceptors (Lipinski definition) is 5. The van der Waals surface area contributed by atoms with E-state index in [0.717, 1.165) is 58.5 Å². The van der Waals surface area contributed by atoms with E-state index in [2.05, 4.69) is 0 Å². The maximum atomic E-state index is 13.9. The van der Waals surface area contributed by atoms with Crippen LogP contribution in [0.5, 0.6) is 0 Å². The molecule has 8 heteroatoms. The van der Waals surface area contributed by atoms with Gasteiger partial charge in [-0.15, -0.1) is 0 Å². The molecule has 0 bridgehead atoms. The van der Waals surface area contributed by atoms with Gasteiger partial charge in [-0.05, 0) is 38.3 Å². The Bertz CT molecular complexity index is 934. The predicted molar refractivity (Wildman–Crippen MR) is 135 cm³/mol. The van der Waals surface area contributed by atoms with Crippen molar-refractivity contribution < 1.29 is 37.0 Å². The van der Waals surface area contributed by atoms with Crippen molar-refractivity contribution in [2.75, 3.05) is 13.7 Å². The summed E-state index contributed by atoms with van der Waals surface area (Å²) in [6, 6.07) is 15.7. The van der Waals surface area contributed by atoms with Crippen LogP contribution in [0.3, 0.4) is 0 Å². The normalized spacial score (nSPS) is 14.0. The number of carbonyl (C=O) groups is 2. The molecule has 0 N–H and O–H groups in total. The molecule has 2 atom stereocenters. The van der Waals surface area contributed by atoms with Gasteiger partial charge in [-0.1, -0.05) is 87.1 Å². The summed E-state index contributed by atoms with van der Waals surface area (Å²) in [6.45, 7) is 2.01. The molecule has 5 nitrogen and oxygen atoms in total. The molecule has 0 aliphatic carbocycles. The lowest BCUT2D eigenvalue weighted by Gasteiger charge is -2.33. The van der Waals surface area contributed by atoms with E-state index in [9.17, 15) is 22.8 Å². The standard InChI is InChI=1S/C29H37F3O5/c1-23(37-27(34)28(35-2,29(30,31)32)25-20-14-10-15-21-25)17-11-7-5-3-4-6-8-16-22-36-26(33)24-18-12-9-13-19-24/h9-10,12-15,18-21,23H,3-8,11,16-17,22H2,1-2H3/t23?,28-/m0/s1. The van der Waals surface area contributed by atoms with Crippen LogP contribution in [-0.4, -0.2) is 37.9 Å². The Hall–Kier alpha value is -2.87. The van der Waals surface area contributed by atoms with Gasteiger partial charge in [0.2, 0.25) is 0 Å². The smallest absolute Gasteiger partial charge is 0.432 e. The molecule has 2 aromatic carbocycles. The second-order valence-corrected chi connectivity index (χ2v) is 9.08. The summed E-state index contributed by atoms with van der Waals surface area (Å²) in [5.74, 6) is -1.75. The number of alkyl halides is 3. The van der Waals surface area contributed by atoms with E-state index >= 15 is 0 Å². The van der Waals surface area contributed by atoms with Crippen LogP contribution in [0, 0.1) is 0 Å². The number of unbranched alkanes of at least 4 members (excludes halogenated alkanes) is 7. The van der Waals surface area contributed by atoms with E-state index in [0.29, 0.717) is 18.6 Å². The number of benzene rings is 2. The van der Waals surface area contributed by atoms with E-state index in [4.69, 9.17) is 14.2 Å². The van der Waals surface area contributed by atoms with Crippen LogP contribution in [0.15, 0.2) is 60.7 Å². The molecule has 0 spiro atoms. The molecule has 2 rings (SSSR count). The van der Waals surface area contributed by atoms with Crippen molar-refractivity contribution in [3.8, 4) is 0 Å². The SMILES string of the molecule is CO[C@](C(=O)OC(C)CCCCCCCCCCOC(=O)c1ccccc1)(c1ccccc1)C(F)(F)F. The maximum absolute atomic E-state index is 13.9. The monoisotopic (exact) mass is 522 g/mol. The second kappa shape index (κ2) is 15.4. The van der Waals surface area contributed by atoms with Gasteiger partial charge in [0.25, 0.3) is 5.60 Å². The minimum absolute atomic E-state index is 0.299. The number of rotatable bonds is 16. The molecular formula is C29H37F3O5. The zero-order chi connectivity index (χ0) is 27.2. The Labute approximate surface area is 217 Å². The lowest BCUT2D eigenvalue weighted by molar-refractivity contribution is -0.278. The first-order valence-electron chi connectivity index (χ1n) is 12.8. The Kier molecular flexibility index (Phi) is 12.6. The number of ether oxygens (including phenoxy) is 3. The average molecular weight is 523 g/mol. The fourth-order valence-electron chi connectivity index (χ4n) is 4.13. The molecule has 0 saturated carbocycles. The molecule has 2 aromatic rings. The summed E-state index contributed by atoms with van der Waals surface area (Å²) >= 11 is 0. The molecule has 37 heavy (non-hydrogen) atoms. The Morgan fingerprint density at radius 3 is 1.84 bits per heavy atom. The molecule has 0 amide bonds. The Morgan fingerprint density at radius 1 is 0.784 bits per heavy atom. The van der Waals surface area contributed by atoms with E-state index in [-0.39, 0.29) is 11.5 Å². The summed E-state index contributed by atoms with van der Waals surface area (Å²) in [7, 11) is 0.865. The molecule has 0 aliphatic rings. The topological polar surface area (TPSA) is 61.8 Å². The van der Waals surface area contributed by atoms with Gasteiger partial charge in [0, 0.05) is 12.7 Å². The average Bonchev–Trinajstić information content (AvgIpc) is 2.88. The Morgan fingerprint density at radius 2 is 1.30 bits per heavy atom. The molecule has 0 radical (unpaired) electrons. The fourth-order valence-corrected chi connectivity index (χ4v) is 4.13. The van der Waals surface area contributed by atoms with Crippen molar-refractivity contribution in [2.45, 2.75) is 82.6 Å². The molecular weight excluding hydrogens is 485 g/mol. The largest absolute Gasteiger partial charge is 0.462 e. The van der Waals surface area contributed by atoms with Crippen LogP contribution in [0.4, 0.5) is 13.2 Å². The van der Waals surface area contributed by atoms with Gasteiger partial charge in [-0.3, -0.25) is 0 Å². The summed E-state index contributed by atoms with van der Waals surface area (Å²) in [5.41, 5.74) is -2.90. The minimum Gasteiger partial charge on any atom is -0.462 e. The van der Waals surface area contributed by atoms with Crippen molar-refractivity contribution in [1.82, 2.24) is 0 Å². The van der Waals surface area contributed by atoms with Gasteiger partial charge >= 0.3 is 18.1 Å². The third-order valence-corrected chi connectivity index (χ3v) is 6.23. The van der Waals surface area contributed by atoms with E-state index in [1.54, 1.807) is 37.3 Å². The van der Waals surface area contributed by atoms with Crippen molar-refractivity contribution in [3.63, 3.8) is 0 Å². The number of halogens is 3. The molecule has 0 fully saturated rings. The maximum Gasteiger partial charge on any atom is 0.432 e. The quantitative estimate of drug-likeness (QED) is 0.170. The van der Waals surface area contributed by atoms with Crippen LogP contribution in [-0.2, 0) is 24.6 Å². The highest BCUT2D eigenvalue weighted by molar-refractivity contribution is 5.89. The molecule has 0 heterocycles. The number of hydrogen-bond donors (Lipinski definition) is 0. The fraction of sp³-hybridized carbons (Fsp3) is 0.517. The van der Waals surface area contributed by atoms with Gasteiger partial charge < -0.3 is 14.2 Å². The van der Waals surface area contributed by atoms with Crippen molar-refractivity contribution in [3.05, 3.63) is 71.8 Å². The highest BCUT2D eigenvalue weighted by Crippen LogP contribution is 2.43. The van der Waals surface area contributed by atoms with Gasteiger partial charge in [-0.25, -0.2) is 9.59 Å². The predicted octanol–water partition coefficient (Wildman–Crippen LogP) is 7.39. The van der Waals surface area contributed by atoms with Crippen LogP contribution >= 0.6 is 0 Å². The third-order valence-electron chi connectivity index (χ3n) is 6.23. The van der Waals surface area contributed by atoms with Crippen LogP contribution in [0.1, 0.15) is 80.6 Å². The lowest BCUT2D eigenvalue weighted by atomic mass is 9.92. The van der Waals surface area contributed by atoms with Crippen LogP contribution < -0.4 is 0 Å². The van der Waals surface area contributed by atoms with Gasteiger partial charge in [0.05, 0.1) is 18.3 Å². The molecule has 204 valence electrons. The van der Waals surface area contributed by atoms with E-state index < -0.39 is 23.9 Å². The first-order valence-corrected chi connectivity index (χ1v) is 12.8. The zero-order valence-electron chi connectivity index (χ0n) is 21.6. The van der Waals surface area contributed by atoms with Crippen LogP contribution in [0.2, 0.25) is 0 Å². The first-order chi connectivity index (χ1) is 17.7. The van der Waals surface area contributed by atoms with Crippen molar-refractivity contribution >= 4 is 11.9 Å². The third kappa shape index (κ3) is 9.18. The molecule has 0 aliphatic heterocycles. The molecule has 0 aromatic heterocycles. The zero-order valence-corrected chi connectivity index (χ0v) is 21.6. The van der Waals surface area contributed by atoms with Gasteiger partial charge in [-0.2, -0.15) is 13.2 Å². The van der Waals surface area contributed by atoms with Crippen LogP contribution in [0.25, 0.3) is 0 Å². The summed E-state index contributed by atoms with van der Waals surface area (Å²) < 4.78 is 57.1. The first kappa shape index (κ1) is 30.4. The summed E-state index contributed by atoms with van der Waals surface area (Å²) in [6.07, 6.45) is 2.47. The molecule has 1 unspecified atom stereocenters. The number of methoxy groups -OCH3 is 1. The number of carbonyl (C=O) groups excluding carboxylic acids is 2. The summed E-state index contributed by atoms with van der Waals surface area (Å²) in [5, 5.41) is 0. The molecule has 0 saturated heterocycles. The second-order valence-electron chi connectivity index (χ2n) is 9.08. The Balaban J connectivity index is 1.59. The van der Waals surface area contributed by atoms with Gasteiger partial charge in [0.15, 0.2) is 0 Å². The van der Waals surface area contributed by atoms with E-state index in [1.165, 1.54) is 24.3 Å². The van der Waals surface area contributed by atoms with Crippen molar-refractivity contribution in [2.24, 2.45) is 0 Å². The highest BCUT2D eigenvalue weighted by Gasteiger charge is 2.64.